The van der Waals surface area contributed by atoms with Gasteiger partial charge in [0, 0.05) is 12.6 Å². The highest BCUT2D eigenvalue weighted by Gasteiger charge is 2.11. The Bertz CT molecular complexity index is 313. The second-order valence-electron chi connectivity index (χ2n) is 3.90. The molecule has 5 heteroatoms. The third-order valence-electron chi connectivity index (χ3n) is 2.23. The molecule has 2 unspecified atom stereocenters. The Labute approximate surface area is 98.9 Å². The number of hydrogen-bond donors (Lipinski definition) is 3. The van der Waals surface area contributed by atoms with E-state index in [4.69, 9.17) is 5.11 Å². The fraction of sp³-hybridized carbons (Fsp3) is 0.545. The summed E-state index contributed by atoms with van der Waals surface area (Å²) in [6, 6.07) is 2.30. The first-order valence-electron chi connectivity index (χ1n) is 5.22. The zero-order valence-corrected chi connectivity index (χ0v) is 10.0. The summed E-state index contributed by atoms with van der Waals surface area (Å²) in [5, 5.41) is 25.1. The zero-order chi connectivity index (χ0) is 12.0. The van der Waals surface area contributed by atoms with Crippen molar-refractivity contribution in [1.29, 1.82) is 0 Å². The Morgan fingerprint density at radius 1 is 1.62 bits per heavy atom. The van der Waals surface area contributed by atoms with Crippen molar-refractivity contribution in [1.82, 2.24) is 5.32 Å². The number of carboxylic acid groups (broad SMARTS) is 1. The normalized spacial score (nSPS) is 14.6. The van der Waals surface area contributed by atoms with Gasteiger partial charge in [-0.25, -0.2) is 0 Å². The van der Waals surface area contributed by atoms with Gasteiger partial charge in [-0.05, 0) is 35.7 Å². The van der Waals surface area contributed by atoms with Crippen LogP contribution in [0, 0.1) is 0 Å². The maximum Gasteiger partial charge on any atom is 0.306 e. The summed E-state index contributed by atoms with van der Waals surface area (Å²) < 4.78 is 0. The van der Waals surface area contributed by atoms with Gasteiger partial charge in [-0.15, -0.1) is 0 Å². The summed E-state index contributed by atoms with van der Waals surface area (Å²) in [4.78, 5) is 10.3. The summed E-state index contributed by atoms with van der Waals surface area (Å²) >= 11 is 1.66. The molecular formula is C11H17NO3S. The van der Waals surface area contributed by atoms with Crippen molar-refractivity contribution in [3.05, 3.63) is 22.4 Å². The van der Waals surface area contributed by atoms with E-state index < -0.39 is 12.1 Å². The van der Waals surface area contributed by atoms with E-state index in [1.54, 1.807) is 11.3 Å². The molecule has 0 aliphatic carbocycles. The first kappa shape index (κ1) is 13.2. The molecule has 0 radical (unpaired) electrons. The lowest BCUT2D eigenvalue weighted by atomic mass is 10.1. The van der Waals surface area contributed by atoms with Gasteiger partial charge in [0.05, 0.1) is 12.5 Å². The van der Waals surface area contributed by atoms with Gasteiger partial charge in [0.25, 0.3) is 0 Å². The van der Waals surface area contributed by atoms with Crippen molar-refractivity contribution in [3.8, 4) is 0 Å². The highest BCUT2D eigenvalue weighted by atomic mass is 32.1. The van der Waals surface area contributed by atoms with Crippen molar-refractivity contribution in [3.63, 3.8) is 0 Å². The van der Waals surface area contributed by atoms with Crippen molar-refractivity contribution < 1.29 is 15.0 Å². The van der Waals surface area contributed by atoms with Gasteiger partial charge in [0.2, 0.25) is 0 Å². The Hall–Kier alpha value is -0.910. The molecule has 1 heterocycles. The average molecular weight is 243 g/mol. The van der Waals surface area contributed by atoms with Gasteiger partial charge >= 0.3 is 5.97 Å². The number of carboxylic acids is 1. The first-order valence-corrected chi connectivity index (χ1v) is 6.16. The van der Waals surface area contributed by atoms with E-state index in [0.29, 0.717) is 6.54 Å². The van der Waals surface area contributed by atoms with Crippen LogP contribution in [0.15, 0.2) is 16.8 Å². The number of aliphatic hydroxyl groups is 1. The fourth-order valence-electron chi connectivity index (χ4n) is 1.45. The third kappa shape index (κ3) is 5.25. The summed E-state index contributed by atoms with van der Waals surface area (Å²) in [5.74, 6) is -0.972. The molecule has 1 aromatic heterocycles. The maximum atomic E-state index is 10.3. The summed E-state index contributed by atoms with van der Waals surface area (Å²) in [6.45, 7) is 2.34. The van der Waals surface area contributed by atoms with Crippen LogP contribution in [-0.2, 0) is 11.2 Å². The van der Waals surface area contributed by atoms with Gasteiger partial charge in [0.1, 0.15) is 0 Å². The lowest BCUT2D eigenvalue weighted by Crippen LogP contribution is -2.35. The molecule has 1 aromatic rings. The Kier molecular flexibility index (Phi) is 5.45. The number of rotatable bonds is 7. The summed E-state index contributed by atoms with van der Waals surface area (Å²) in [5.41, 5.74) is 1.26. The molecule has 0 aliphatic rings. The maximum absolute atomic E-state index is 10.3. The Morgan fingerprint density at radius 3 is 2.94 bits per heavy atom. The number of hydrogen-bond acceptors (Lipinski definition) is 4. The molecule has 0 aliphatic heterocycles. The largest absolute Gasteiger partial charge is 0.481 e. The summed E-state index contributed by atoms with van der Waals surface area (Å²) in [7, 11) is 0. The monoisotopic (exact) mass is 243 g/mol. The highest BCUT2D eigenvalue weighted by Crippen LogP contribution is 2.08. The minimum Gasteiger partial charge on any atom is -0.481 e. The topological polar surface area (TPSA) is 69.6 Å². The Balaban J connectivity index is 2.19. The van der Waals surface area contributed by atoms with Gasteiger partial charge < -0.3 is 15.5 Å². The lowest BCUT2D eigenvalue weighted by Gasteiger charge is -2.15. The van der Waals surface area contributed by atoms with E-state index in [-0.39, 0.29) is 12.5 Å². The molecule has 3 N–H and O–H groups in total. The lowest BCUT2D eigenvalue weighted by molar-refractivity contribution is -0.139. The summed E-state index contributed by atoms with van der Waals surface area (Å²) in [6.07, 6.45) is -0.135. The third-order valence-corrected chi connectivity index (χ3v) is 2.97. The molecule has 2 atom stereocenters. The van der Waals surface area contributed by atoms with E-state index in [2.05, 4.69) is 16.8 Å². The number of nitrogens with one attached hydrogen (secondary N) is 1. The number of aliphatic carboxylic acids is 1. The average Bonchev–Trinajstić information content (AvgIpc) is 2.66. The van der Waals surface area contributed by atoms with E-state index in [0.717, 1.165) is 6.42 Å². The van der Waals surface area contributed by atoms with Crippen LogP contribution in [0.4, 0.5) is 0 Å². The van der Waals surface area contributed by atoms with E-state index >= 15 is 0 Å². The van der Waals surface area contributed by atoms with Gasteiger partial charge in [-0.1, -0.05) is 0 Å². The molecular weight excluding hydrogens is 226 g/mol. The quantitative estimate of drug-likeness (QED) is 0.671. The van der Waals surface area contributed by atoms with Crippen molar-refractivity contribution in [2.24, 2.45) is 0 Å². The van der Waals surface area contributed by atoms with Crippen LogP contribution in [-0.4, -0.2) is 34.9 Å². The van der Waals surface area contributed by atoms with Crippen molar-refractivity contribution >= 4 is 17.3 Å². The second kappa shape index (κ2) is 6.62. The van der Waals surface area contributed by atoms with Crippen LogP contribution in [0.2, 0.25) is 0 Å². The van der Waals surface area contributed by atoms with Gasteiger partial charge in [0.15, 0.2) is 0 Å². The predicted molar refractivity (Wildman–Crippen MR) is 63.7 cm³/mol. The second-order valence-corrected chi connectivity index (χ2v) is 4.68. The molecule has 0 spiro atoms. The fourth-order valence-corrected chi connectivity index (χ4v) is 2.13. The number of carbonyl (C=O) groups is 1. The smallest absolute Gasteiger partial charge is 0.306 e. The van der Waals surface area contributed by atoms with E-state index in [9.17, 15) is 9.90 Å². The minimum absolute atomic E-state index is 0.210. The van der Waals surface area contributed by atoms with Crippen LogP contribution in [0.1, 0.15) is 18.9 Å². The number of thiophene rings is 1. The molecule has 0 saturated heterocycles. The SMILES string of the molecule is CC(Cc1ccsc1)NCC(O)CC(=O)O. The predicted octanol–water partition coefficient (Wildman–Crippen LogP) is 1.10. The molecule has 16 heavy (non-hydrogen) atoms. The zero-order valence-electron chi connectivity index (χ0n) is 9.22. The van der Waals surface area contributed by atoms with Gasteiger partial charge in [-0.3, -0.25) is 4.79 Å². The molecule has 0 saturated carbocycles. The Morgan fingerprint density at radius 2 is 2.38 bits per heavy atom. The standard InChI is InChI=1S/C11H17NO3S/c1-8(4-9-2-3-16-7-9)12-6-10(13)5-11(14)15/h2-3,7-8,10,12-13H,4-6H2,1H3,(H,14,15). The highest BCUT2D eigenvalue weighted by molar-refractivity contribution is 7.07. The van der Waals surface area contributed by atoms with Crippen molar-refractivity contribution in [2.45, 2.75) is 31.9 Å². The van der Waals surface area contributed by atoms with Crippen LogP contribution in [0.3, 0.4) is 0 Å². The van der Waals surface area contributed by atoms with Crippen LogP contribution < -0.4 is 5.32 Å². The minimum atomic E-state index is -0.972. The number of aliphatic hydroxyl groups excluding tert-OH is 1. The molecule has 0 aromatic carbocycles. The van der Waals surface area contributed by atoms with Crippen molar-refractivity contribution in [2.75, 3.05) is 6.54 Å². The molecule has 0 amide bonds. The van der Waals surface area contributed by atoms with E-state index in [1.807, 2.05) is 12.3 Å². The molecule has 1 rings (SSSR count). The first-order chi connectivity index (χ1) is 7.58. The molecule has 0 bridgehead atoms. The van der Waals surface area contributed by atoms with Gasteiger partial charge in [-0.2, -0.15) is 11.3 Å². The molecule has 4 nitrogen and oxygen atoms in total. The molecule has 90 valence electrons. The van der Waals surface area contributed by atoms with Crippen LogP contribution in [0.25, 0.3) is 0 Å². The van der Waals surface area contributed by atoms with Crippen LogP contribution >= 0.6 is 11.3 Å². The van der Waals surface area contributed by atoms with Crippen LogP contribution in [0.5, 0.6) is 0 Å². The molecule has 0 fully saturated rings. The van der Waals surface area contributed by atoms with E-state index in [1.165, 1.54) is 5.56 Å².